The molecule has 2 unspecified atom stereocenters. The first-order valence-electron chi connectivity index (χ1n) is 10.5. The summed E-state index contributed by atoms with van der Waals surface area (Å²) in [5.41, 5.74) is 3.50. The van der Waals surface area contributed by atoms with Gasteiger partial charge in [0.2, 0.25) is 5.91 Å². The Labute approximate surface area is 177 Å². The van der Waals surface area contributed by atoms with E-state index in [4.69, 9.17) is 9.47 Å². The Bertz CT molecular complexity index is 983. The van der Waals surface area contributed by atoms with Gasteiger partial charge in [0, 0.05) is 25.2 Å². The molecular formula is C24H28N2O4. The van der Waals surface area contributed by atoms with Gasteiger partial charge in [0.05, 0.1) is 26.2 Å². The van der Waals surface area contributed by atoms with Gasteiger partial charge in [0.1, 0.15) is 0 Å². The van der Waals surface area contributed by atoms with Gasteiger partial charge in [-0.3, -0.25) is 9.59 Å². The van der Waals surface area contributed by atoms with Crippen molar-refractivity contribution in [2.75, 3.05) is 33.9 Å². The maximum atomic E-state index is 13.8. The van der Waals surface area contributed by atoms with Crippen molar-refractivity contribution in [3.8, 4) is 11.5 Å². The number of hydrogen-bond acceptors (Lipinski definition) is 4. The number of hydrogen-bond donors (Lipinski definition) is 0. The minimum Gasteiger partial charge on any atom is -0.493 e. The molecule has 0 N–H and O–H groups in total. The molecule has 0 aromatic heterocycles. The van der Waals surface area contributed by atoms with Crippen LogP contribution in [-0.4, -0.2) is 55.5 Å². The van der Waals surface area contributed by atoms with Crippen molar-refractivity contribution in [2.24, 2.45) is 0 Å². The number of likely N-dealkylation sites (N-methyl/N-ethyl adjacent to an activating group) is 1. The van der Waals surface area contributed by atoms with E-state index in [0.717, 1.165) is 12.0 Å². The Morgan fingerprint density at radius 1 is 1.07 bits per heavy atom. The number of rotatable bonds is 5. The first-order valence-corrected chi connectivity index (χ1v) is 10.5. The summed E-state index contributed by atoms with van der Waals surface area (Å²) in [6, 6.07) is 11.4. The molecule has 0 radical (unpaired) electrons. The van der Waals surface area contributed by atoms with E-state index in [1.165, 1.54) is 5.56 Å². The molecule has 0 spiro atoms. The summed E-state index contributed by atoms with van der Waals surface area (Å²) in [6.45, 7) is 5.80. The van der Waals surface area contributed by atoms with Crippen LogP contribution in [0.25, 0.3) is 0 Å². The summed E-state index contributed by atoms with van der Waals surface area (Å²) in [5, 5.41) is 0. The predicted molar refractivity (Wildman–Crippen MR) is 114 cm³/mol. The molecule has 2 amide bonds. The fourth-order valence-corrected chi connectivity index (χ4v) is 4.85. The van der Waals surface area contributed by atoms with Gasteiger partial charge in [-0.05, 0) is 49.1 Å². The number of benzene rings is 2. The third kappa shape index (κ3) is 3.02. The minimum atomic E-state index is -0.487. The topological polar surface area (TPSA) is 59.1 Å². The highest BCUT2D eigenvalue weighted by atomic mass is 16.5. The second kappa shape index (κ2) is 8.01. The van der Waals surface area contributed by atoms with E-state index >= 15 is 0 Å². The third-order valence-corrected chi connectivity index (χ3v) is 6.37. The van der Waals surface area contributed by atoms with Crippen LogP contribution in [0.5, 0.6) is 11.5 Å². The second-order valence-corrected chi connectivity index (χ2v) is 7.67. The number of carbonyl (C=O) groups is 2. The van der Waals surface area contributed by atoms with Crippen LogP contribution >= 0.6 is 0 Å². The first kappa shape index (κ1) is 20.3. The van der Waals surface area contributed by atoms with E-state index in [0.29, 0.717) is 42.3 Å². The molecule has 0 aliphatic carbocycles. The highest BCUT2D eigenvalue weighted by molar-refractivity contribution is 6.02. The van der Waals surface area contributed by atoms with Crippen molar-refractivity contribution in [3.63, 3.8) is 0 Å². The summed E-state index contributed by atoms with van der Waals surface area (Å²) in [5.74, 6) is 0.508. The monoisotopic (exact) mass is 408 g/mol. The standard InChI is InChI=1S/C24H28N2O4/c1-5-25(6-2)24(28)21-17-13-19(29-3)20(30-4)14-18(17)23(27)26-12-11-15-9-7-8-10-16(15)22(21)26/h7-10,13-14,21-22H,5-6,11-12H2,1-4H3. The Balaban J connectivity index is 1.96. The zero-order valence-corrected chi connectivity index (χ0v) is 18.0. The molecule has 0 bridgehead atoms. The number of methoxy groups -OCH3 is 2. The van der Waals surface area contributed by atoms with Crippen molar-refractivity contribution in [3.05, 3.63) is 58.7 Å². The molecule has 158 valence electrons. The lowest BCUT2D eigenvalue weighted by Crippen LogP contribution is -2.50. The van der Waals surface area contributed by atoms with Crippen LogP contribution in [0.4, 0.5) is 0 Å². The number of ether oxygens (including phenoxy) is 2. The van der Waals surface area contributed by atoms with Crippen LogP contribution in [0, 0.1) is 0 Å². The first-order chi connectivity index (χ1) is 14.5. The lowest BCUT2D eigenvalue weighted by Gasteiger charge is -2.46. The Kier molecular flexibility index (Phi) is 5.41. The van der Waals surface area contributed by atoms with Gasteiger partial charge in [0.25, 0.3) is 5.91 Å². The molecule has 6 heteroatoms. The minimum absolute atomic E-state index is 0.0349. The molecule has 2 heterocycles. The molecule has 0 saturated heterocycles. The molecule has 2 aliphatic rings. The van der Waals surface area contributed by atoms with Crippen LogP contribution in [-0.2, 0) is 11.2 Å². The average Bonchev–Trinajstić information content (AvgIpc) is 2.79. The highest BCUT2D eigenvalue weighted by Gasteiger charge is 2.47. The molecule has 0 saturated carbocycles. The SMILES string of the molecule is CCN(CC)C(=O)C1c2cc(OC)c(OC)cc2C(=O)N2CCc3ccccc3C12. The maximum absolute atomic E-state index is 13.8. The average molecular weight is 408 g/mol. The van der Waals surface area contributed by atoms with Crippen molar-refractivity contribution in [1.82, 2.24) is 9.80 Å². The molecule has 4 rings (SSSR count). The van der Waals surface area contributed by atoms with Gasteiger partial charge in [-0.15, -0.1) is 0 Å². The molecule has 6 nitrogen and oxygen atoms in total. The Morgan fingerprint density at radius 2 is 1.73 bits per heavy atom. The third-order valence-electron chi connectivity index (χ3n) is 6.37. The van der Waals surface area contributed by atoms with Crippen molar-refractivity contribution in [1.29, 1.82) is 0 Å². The number of nitrogens with zero attached hydrogens (tertiary/aromatic N) is 2. The maximum Gasteiger partial charge on any atom is 0.254 e. The van der Waals surface area contributed by atoms with Gasteiger partial charge in [-0.1, -0.05) is 24.3 Å². The van der Waals surface area contributed by atoms with Crippen LogP contribution in [0.3, 0.4) is 0 Å². The van der Waals surface area contributed by atoms with Crippen LogP contribution in [0.2, 0.25) is 0 Å². The number of carbonyl (C=O) groups excluding carboxylic acids is 2. The fourth-order valence-electron chi connectivity index (χ4n) is 4.85. The van der Waals surface area contributed by atoms with Crippen molar-refractivity contribution >= 4 is 11.8 Å². The zero-order chi connectivity index (χ0) is 21.4. The smallest absolute Gasteiger partial charge is 0.254 e. The summed E-state index contributed by atoms with van der Waals surface area (Å²) in [6.07, 6.45) is 0.785. The van der Waals surface area contributed by atoms with Gasteiger partial charge in [-0.25, -0.2) is 0 Å². The van der Waals surface area contributed by atoms with E-state index in [1.807, 2.05) is 47.9 Å². The van der Waals surface area contributed by atoms with Gasteiger partial charge in [0.15, 0.2) is 11.5 Å². The molecule has 2 aromatic rings. The van der Waals surface area contributed by atoms with Gasteiger partial charge in [-0.2, -0.15) is 0 Å². The van der Waals surface area contributed by atoms with Crippen molar-refractivity contribution in [2.45, 2.75) is 32.2 Å². The van der Waals surface area contributed by atoms with E-state index in [9.17, 15) is 9.59 Å². The van der Waals surface area contributed by atoms with Crippen LogP contribution < -0.4 is 9.47 Å². The molecule has 2 aliphatic heterocycles. The summed E-state index contributed by atoms with van der Waals surface area (Å²) < 4.78 is 10.9. The number of fused-ring (bicyclic) bond motifs is 4. The Hall–Kier alpha value is -3.02. The molecule has 2 aromatic carbocycles. The zero-order valence-electron chi connectivity index (χ0n) is 18.0. The van der Waals surface area contributed by atoms with Gasteiger partial charge >= 0.3 is 0 Å². The van der Waals surface area contributed by atoms with E-state index in [-0.39, 0.29) is 17.9 Å². The van der Waals surface area contributed by atoms with E-state index in [2.05, 4.69) is 6.07 Å². The molecule has 2 atom stereocenters. The second-order valence-electron chi connectivity index (χ2n) is 7.67. The Morgan fingerprint density at radius 3 is 2.40 bits per heavy atom. The van der Waals surface area contributed by atoms with Gasteiger partial charge < -0.3 is 19.3 Å². The largest absolute Gasteiger partial charge is 0.493 e. The van der Waals surface area contributed by atoms with E-state index < -0.39 is 5.92 Å². The van der Waals surface area contributed by atoms with Crippen LogP contribution in [0.1, 0.15) is 52.9 Å². The summed E-state index contributed by atoms with van der Waals surface area (Å²) in [4.78, 5) is 31.0. The lowest BCUT2D eigenvalue weighted by molar-refractivity contribution is -0.134. The summed E-state index contributed by atoms with van der Waals surface area (Å²) in [7, 11) is 3.12. The molecule has 0 fully saturated rings. The van der Waals surface area contributed by atoms with Crippen LogP contribution in [0.15, 0.2) is 36.4 Å². The highest BCUT2D eigenvalue weighted by Crippen LogP contribution is 2.48. The van der Waals surface area contributed by atoms with Crippen molar-refractivity contribution < 1.29 is 19.1 Å². The van der Waals surface area contributed by atoms with E-state index in [1.54, 1.807) is 20.3 Å². The normalized spacial score (nSPS) is 19.5. The summed E-state index contributed by atoms with van der Waals surface area (Å²) >= 11 is 0. The predicted octanol–water partition coefficient (Wildman–Crippen LogP) is 3.41. The quantitative estimate of drug-likeness (QED) is 0.761. The number of amides is 2. The molecule has 30 heavy (non-hydrogen) atoms. The molecular weight excluding hydrogens is 380 g/mol. The fraction of sp³-hybridized carbons (Fsp3) is 0.417. The lowest BCUT2D eigenvalue weighted by atomic mass is 9.75.